The van der Waals surface area contributed by atoms with E-state index in [0.717, 1.165) is 13.0 Å². The molecule has 1 unspecified atom stereocenters. The first-order valence-corrected chi connectivity index (χ1v) is 8.93. The topological polar surface area (TPSA) is 47.6 Å². The Morgan fingerprint density at radius 2 is 2.04 bits per heavy atom. The molecule has 0 bridgehead atoms. The molecule has 0 saturated carbocycles. The number of rotatable bonds is 9. The lowest BCUT2D eigenvalue weighted by Gasteiger charge is -2.27. The van der Waals surface area contributed by atoms with Gasteiger partial charge in [-0.1, -0.05) is 39.0 Å². The average molecular weight is 337 g/mol. The van der Waals surface area contributed by atoms with Gasteiger partial charge in [-0.25, -0.2) is 9.18 Å². The van der Waals surface area contributed by atoms with Gasteiger partial charge in [-0.15, -0.1) is 0 Å². The maximum absolute atomic E-state index is 13.9. The molecule has 1 aromatic carbocycles. The third-order valence-corrected chi connectivity index (χ3v) is 4.46. The number of ether oxygens (including phenoxy) is 2. The molecular weight excluding hydrogens is 309 g/mol. The molecule has 0 fully saturated rings. The average Bonchev–Trinajstić information content (AvgIpc) is 2.60. The maximum Gasteiger partial charge on any atom is 0.338 e. The molecular formula is C19H28FNO3. The molecule has 1 atom stereocenters. The van der Waals surface area contributed by atoms with Gasteiger partial charge < -0.3 is 14.8 Å². The van der Waals surface area contributed by atoms with Gasteiger partial charge in [0.1, 0.15) is 6.61 Å². The van der Waals surface area contributed by atoms with Crippen molar-refractivity contribution in [3.63, 3.8) is 0 Å². The van der Waals surface area contributed by atoms with E-state index < -0.39 is 11.8 Å². The van der Waals surface area contributed by atoms with Crippen molar-refractivity contribution in [2.24, 2.45) is 0 Å². The fourth-order valence-corrected chi connectivity index (χ4v) is 3.09. The number of methoxy groups -OCH3 is 1. The first kappa shape index (κ1) is 18.7. The second-order valence-electron chi connectivity index (χ2n) is 6.33. The highest BCUT2D eigenvalue weighted by atomic mass is 19.1. The normalized spacial score (nSPS) is 16.4. The molecule has 5 heteroatoms. The van der Waals surface area contributed by atoms with E-state index in [9.17, 15) is 9.18 Å². The van der Waals surface area contributed by atoms with Gasteiger partial charge in [0.25, 0.3) is 0 Å². The van der Waals surface area contributed by atoms with Crippen LogP contribution in [0.15, 0.2) is 12.1 Å². The number of hydrogen-bond donors (Lipinski definition) is 1. The smallest absolute Gasteiger partial charge is 0.338 e. The zero-order valence-electron chi connectivity index (χ0n) is 14.7. The lowest BCUT2D eigenvalue weighted by molar-refractivity contribution is 0.0597. The molecule has 1 aliphatic rings. The fraction of sp³-hybridized carbons (Fsp3) is 0.632. The number of hydrogen-bond acceptors (Lipinski definition) is 4. The first-order valence-electron chi connectivity index (χ1n) is 8.93. The van der Waals surface area contributed by atoms with Gasteiger partial charge in [0.15, 0.2) is 11.6 Å². The highest BCUT2D eigenvalue weighted by Gasteiger charge is 2.27. The van der Waals surface area contributed by atoms with Gasteiger partial charge in [-0.05, 0) is 31.5 Å². The van der Waals surface area contributed by atoms with Gasteiger partial charge in [0, 0.05) is 11.6 Å². The van der Waals surface area contributed by atoms with E-state index in [-0.39, 0.29) is 11.8 Å². The quantitative estimate of drug-likeness (QED) is 0.549. The Kier molecular flexibility index (Phi) is 7.50. The van der Waals surface area contributed by atoms with Crippen LogP contribution in [0.2, 0.25) is 0 Å². The highest BCUT2D eigenvalue weighted by molar-refractivity contribution is 5.92. The van der Waals surface area contributed by atoms with Crippen LogP contribution in [0, 0.1) is 5.82 Å². The molecule has 4 nitrogen and oxygen atoms in total. The van der Waals surface area contributed by atoms with Crippen LogP contribution in [0.1, 0.15) is 61.4 Å². The van der Waals surface area contributed by atoms with Crippen LogP contribution >= 0.6 is 0 Å². The van der Waals surface area contributed by atoms with Gasteiger partial charge in [0.05, 0.1) is 12.7 Å². The van der Waals surface area contributed by atoms with Crippen molar-refractivity contribution in [2.75, 3.05) is 20.3 Å². The van der Waals surface area contributed by atoms with E-state index in [1.54, 1.807) is 0 Å². The van der Waals surface area contributed by atoms with E-state index in [1.807, 2.05) is 0 Å². The number of benzene rings is 1. The summed E-state index contributed by atoms with van der Waals surface area (Å²) in [6, 6.07) is 2.83. The summed E-state index contributed by atoms with van der Waals surface area (Å²) in [4.78, 5) is 11.9. The van der Waals surface area contributed by atoms with E-state index in [4.69, 9.17) is 9.47 Å². The molecule has 1 aliphatic heterocycles. The van der Waals surface area contributed by atoms with Crippen molar-refractivity contribution < 1.29 is 18.7 Å². The van der Waals surface area contributed by atoms with Crippen molar-refractivity contribution in [3.8, 4) is 5.75 Å². The molecule has 2 rings (SSSR count). The minimum absolute atomic E-state index is 0.0957. The van der Waals surface area contributed by atoms with Gasteiger partial charge in [0.2, 0.25) is 0 Å². The van der Waals surface area contributed by atoms with Crippen molar-refractivity contribution in [1.29, 1.82) is 0 Å². The lowest BCUT2D eigenvalue weighted by atomic mass is 9.96. The number of unbranched alkanes of at least 4 members (excludes halogenated alkanes) is 5. The highest BCUT2D eigenvalue weighted by Crippen LogP contribution is 2.31. The minimum atomic E-state index is -0.452. The molecule has 0 radical (unpaired) electrons. The summed E-state index contributed by atoms with van der Waals surface area (Å²) in [5.74, 6) is -0.686. The summed E-state index contributed by atoms with van der Waals surface area (Å²) in [7, 11) is 1.33. The van der Waals surface area contributed by atoms with E-state index in [1.165, 1.54) is 51.3 Å². The molecule has 134 valence electrons. The van der Waals surface area contributed by atoms with Crippen LogP contribution in [-0.2, 0) is 11.2 Å². The summed E-state index contributed by atoms with van der Waals surface area (Å²) < 4.78 is 24.3. The molecule has 24 heavy (non-hydrogen) atoms. The summed E-state index contributed by atoms with van der Waals surface area (Å²) in [6.07, 6.45) is 8.07. The summed E-state index contributed by atoms with van der Waals surface area (Å²) in [5.41, 5.74) is 0.994. The Labute approximate surface area is 143 Å². The number of carbonyl (C=O) groups excluding carboxylic acids is 1. The number of carbonyl (C=O) groups is 1. The number of esters is 1. The van der Waals surface area contributed by atoms with Gasteiger partial charge in [-0.2, -0.15) is 0 Å². The standard InChI is InChI=1S/C19H28FNO3/c1-3-4-5-6-7-8-11-21-14-12-16-15(19(22)23-2)9-10-17(20)18(16)24-13-14/h9-10,14,21H,3-8,11-13H2,1-2H3. The fourth-order valence-electron chi connectivity index (χ4n) is 3.09. The summed E-state index contributed by atoms with van der Waals surface area (Å²) >= 11 is 0. The zero-order chi connectivity index (χ0) is 17.4. The Bertz CT molecular complexity index is 548. The molecule has 0 aromatic heterocycles. The second kappa shape index (κ2) is 9.62. The second-order valence-corrected chi connectivity index (χ2v) is 6.33. The molecule has 1 aromatic rings. The number of nitrogens with one attached hydrogen (secondary N) is 1. The van der Waals surface area contributed by atoms with Crippen LogP contribution in [0.3, 0.4) is 0 Å². The van der Waals surface area contributed by atoms with Crippen LogP contribution < -0.4 is 10.1 Å². The van der Waals surface area contributed by atoms with Crippen LogP contribution in [0.5, 0.6) is 5.75 Å². The minimum Gasteiger partial charge on any atom is -0.489 e. The molecule has 1 heterocycles. The van der Waals surface area contributed by atoms with Crippen molar-refractivity contribution in [1.82, 2.24) is 5.32 Å². The van der Waals surface area contributed by atoms with E-state index in [0.29, 0.717) is 24.2 Å². The Balaban J connectivity index is 1.87. The Morgan fingerprint density at radius 3 is 2.79 bits per heavy atom. The molecule has 1 N–H and O–H groups in total. The van der Waals surface area contributed by atoms with Gasteiger partial charge >= 0.3 is 5.97 Å². The molecule has 0 spiro atoms. The largest absolute Gasteiger partial charge is 0.489 e. The predicted molar refractivity (Wildman–Crippen MR) is 92.1 cm³/mol. The SMILES string of the molecule is CCCCCCCCNC1COc2c(F)ccc(C(=O)OC)c2C1. The van der Waals surface area contributed by atoms with Crippen molar-refractivity contribution in [2.45, 2.75) is 57.9 Å². The van der Waals surface area contributed by atoms with Crippen molar-refractivity contribution >= 4 is 5.97 Å². The van der Waals surface area contributed by atoms with Crippen LogP contribution in [0.4, 0.5) is 4.39 Å². The maximum atomic E-state index is 13.9. The number of halogens is 1. The molecule has 0 saturated heterocycles. The lowest BCUT2D eigenvalue weighted by Crippen LogP contribution is -2.40. The van der Waals surface area contributed by atoms with Crippen molar-refractivity contribution in [3.05, 3.63) is 29.1 Å². The third-order valence-electron chi connectivity index (χ3n) is 4.46. The molecule has 0 amide bonds. The van der Waals surface area contributed by atoms with E-state index >= 15 is 0 Å². The zero-order valence-corrected chi connectivity index (χ0v) is 14.7. The predicted octanol–water partition coefficient (Wildman–Crippen LogP) is 3.87. The van der Waals surface area contributed by atoms with Crippen LogP contribution in [-0.4, -0.2) is 32.3 Å². The Morgan fingerprint density at radius 1 is 1.29 bits per heavy atom. The first-order chi connectivity index (χ1) is 11.7. The summed E-state index contributed by atoms with van der Waals surface area (Å²) in [5, 5.41) is 3.46. The van der Waals surface area contributed by atoms with Gasteiger partial charge in [-0.3, -0.25) is 0 Å². The number of fused-ring (bicyclic) bond motifs is 1. The monoisotopic (exact) mass is 337 g/mol. The van der Waals surface area contributed by atoms with Crippen LogP contribution in [0.25, 0.3) is 0 Å². The third kappa shape index (κ3) is 4.94. The molecule has 0 aliphatic carbocycles. The summed E-state index contributed by atoms with van der Waals surface area (Å²) in [6.45, 7) is 3.55. The van der Waals surface area contributed by atoms with E-state index in [2.05, 4.69) is 12.2 Å². The Hall–Kier alpha value is -1.62.